The van der Waals surface area contributed by atoms with Crippen molar-refractivity contribution in [3.63, 3.8) is 0 Å². The molecule has 0 unspecified atom stereocenters. The van der Waals surface area contributed by atoms with Gasteiger partial charge in [0.05, 0.1) is 18.1 Å². The number of thiophene rings is 1. The smallest absolute Gasteiger partial charge is 0.261 e. The van der Waals surface area contributed by atoms with Crippen LogP contribution in [-0.4, -0.2) is 62.7 Å². The summed E-state index contributed by atoms with van der Waals surface area (Å²) in [7, 11) is 0. The van der Waals surface area contributed by atoms with Crippen molar-refractivity contribution >= 4 is 23.2 Å². The van der Waals surface area contributed by atoms with Crippen molar-refractivity contribution in [1.29, 1.82) is 0 Å². The summed E-state index contributed by atoms with van der Waals surface area (Å²) < 4.78 is 5.29. The van der Waals surface area contributed by atoms with Crippen LogP contribution in [0.3, 0.4) is 0 Å². The van der Waals surface area contributed by atoms with Gasteiger partial charge in [0.15, 0.2) is 0 Å². The van der Waals surface area contributed by atoms with Gasteiger partial charge in [-0.25, -0.2) is 0 Å². The lowest BCUT2D eigenvalue weighted by Crippen LogP contribution is -2.38. The summed E-state index contributed by atoms with van der Waals surface area (Å²) in [5.74, 6) is -0.136. The van der Waals surface area contributed by atoms with Crippen LogP contribution in [0.1, 0.15) is 22.5 Å². The van der Waals surface area contributed by atoms with E-state index in [2.05, 4.69) is 15.5 Å². The third kappa shape index (κ3) is 6.13. The number of carbonyl (C=O) groups excluding carboxylic acids is 2. The van der Waals surface area contributed by atoms with Gasteiger partial charge in [-0.3, -0.25) is 14.5 Å². The summed E-state index contributed by atoms with van der Waals surface area (Å²) in [5.41, 5.74) is 0. The van der Waals surface area contributed by atoms with Crippen molar-refractivity contribution in [3.05, 3.63) is 22.4 Å². The number of morpholine rings is 1. The summed E-state index contributed by atoms with van der Waals surface area (Å²) in [6.07, 6.45) is 1.25. The fourth-order valence-electron chi connectivity index (χ4n) is 2.23. The largest absolute Gasteiger partial charge is 0.379 e. The number of hydrogen-bond acceptors (Lipinski definition) is 5. The van der Waals surface area contributed by atoms with Crippen molar-refractivity contribution < 1.29 is 14.3 Å². The minimum Gasteiger partial charge on any atom is -0.379 e. The van der Waals surface area contributed by atoms with E-state index in [0.717, 1.165) is 39.3 Å². The first-order chi connectivity index (χ1) is 10.8. The van der Waals surface area contributed by atoms with Crippen LogP contribution in [0.15, 0.2) is 17.5 Å². The van der Waals surface area contributed by atoms with Crippen molar-refractivity contribution in [3.8, 4) is 0 Å². The molecule has 0 bridgehead atoms. The van der Waals surface area contributed by atoms with Gasteiger partial charge in [0.25, 0.3) is 5.91 Å². The van der Waals surface area contributed by atoms with Gasteiger partial charge in [-0.15, -0.1) is 11.3 Å². The maximum absolute atomic E-state index is 11.7. The molecule has 0 aliphatic carbocycles. The first kappa shape index (κ1) is 16.9. The zero-order valence-corrected chi connectivity index (χ0v) is 13.5. The average molecular weight is 325 g/mol. The number of rotatable bonds is 8. The molecule has 0 aromatic carbocycles. The Bertz CT molecular complexity index is 459. The molecule has 6 nitrogen and oxygen atoms in total. The van der Waals surface area contributed by atoms with E-state index in [-0.39, 0.29) is 11.8 Å². The predicted molar refractivity (Wildman–Crippen MR) is 86.2 cm³/mol. The number of carbonyl (C=O) groups is 2. The Kier molecular flexibility index (Phi) is 7.35. The zero-order chi connectivity index (χ0) is 15.6. The van der Waals surface area contributed by atoms with Crippen LogP contribution in [0.25, 0.3) is 0 Å². The number of ether oxygens (including phenoxy) is 1. The highest BCUT2D eigenvalue weighted by Gasteiger charge is 2.10. The van der Waals surface area contributed by atoms with Crippen molar-refractivity contribution in [2.45, 2.75) is 12.8 Å². The SMILES string of the molecule is O=C(CCNC(=O)c1cccs1)NCCCN1CCOCC1. The summed E-state index contributed by atoms with van der Waals surface area (Å²) in [6, 6.07) is 3.60. The Balaban J connectivity index is 1.48. The third-order valence-corrected chi connectivity index (χ3v) is 4.33. The van der Waals surface area contributed by atoms with E-state index in [1.165, 1.54) is 11.3 Å². The number of nitrogens with zero attached hydrogens (tertiary/aromatic N) is 1. The van der Waals surface area contributed by atoms with E-state index >= 15 is 0 Å². The molecule has 1 aromatic rings. The molecule has 122 valence electrons. The lowest BCUT2D eigenvalue weighted by Gasteiger charge is -2.26. The number of nitrogens with one attached hydrogen (secondary N) is 2. The maximum Gasteiger partial charge on any atom is 0.261 e. The monoisotopic (exact) mass is 325 g/mol. The Hall–Kier alpha value is -1.44. The molecule has 1 aliphatic rings. The predicted octanol–water partition coefficient (Wildman–Crippen LogP) is 0.707. The highest BCUT2D eigenvalue weighted by molar-refractivity contribution is 7.12. The Morgan fingerprint density at radius 1 is 1.23 bits per heavy atom. The third-order valence-electron chi connectivity index (χ3n) is 3.46. The lowest BCUT2D eigenvalue weighted by molar-refractivity contribution is -0.120. The zero-order valence-electron chi connectivity index (χ0n) is 12.7. The molecule has 7 heteroatoms. The van der Waals surface area contributed by atoms with Gasteiger partial charge in [0.2, 0.25) is 5.91 Å². The van der Waals surface area contributed by atoms with Gasteiger partial charge in [0.1, 0.15) is 0 Å². The van der Waals surface area contributed by atoms with E-state index in [1.54, 1.807) is 6.07 Å². The molecule has 1 aromatic heterocycles. The number of hydrogen-bond donors (Lipinski definition) is 2. The van der Waals surface area contributed by atoms with Gasteiger partial charge in [-0.2, -0.15) is 0 Å². The molecule has 2 rings (SSSR count). The molecular weight excluding hydrogens is 302 g/mol. The second-order valence-electron chi connectivity index (χ2n) is 5.14. The molecule has 1 saturated heterocycles. The maximum atomic E-state index is 11.7. The first-order valence-corrected chi connectivity index (χ1v) is 8.52. The summed E-state index contributed by atoms with van der Waals surface area (Å²) in [4.78, 5) is 26.4. The van der Waals surface area contributed by atoms with Crippen LogP contribution in [-0.2, 0) is 9.53 Å². The topological polar surface area (TPSA) is 70.7 Å². The highest BCUT2D eigenvalue weighted by atomic mass is 32.1. The molecule has 0 spiro atoms. The van der Waals surface area contributed by atoms with Gasteiger partial charge in [0, 0.05) is 32.6 Å². The standard InChI is InChI=1S/C15H23N3O3S/c19-14(4-6-17-15(20)13-3-1-12-22-13)16-5-2-7-18-8-10-21-11-9-18/h1,3,12H,2,4-11H2,(H,16,19)(H,17,20). The van der Waals surface area contributed by atoms with E-state index in [4.69, 9.17) is 4.74 Å². The second kappa shape index (κ2) is 9.55. The molecule has 1 aliphatic heterocycles. The fourth-order valence-corrected chi connectivity index (χ4v) is 2.87. The Morgan fingerprint density at radius 2 is 2.05 bits per heavy atom. The summed E-state index contributed by atoms with van der Waals surface area (Å²) >= 11 is 1.39. The molecule has 0 atom stereocenters. The molecule has 1 fully saturated rings. The first-order valence-electron chi connectivity index (χ1n) is 7.64. The van der Waals surface area contributed by atoms with Crippen LogP contribution in [0.5, 0.6) is 0 Å². The van der Waals surface area contributed by atoms with Crippen molar-refractivity contribution in [2.75, 3.05) is 45.9 Å². The molecule has 2 N–H and O–H groups in total. The van der Waals surface area contributed by atoms with Gasteiger partial charge in [-0.05, 0) is 24.4 Å². The number of amides is 2. The second-order valence-corrected chi connectivity index (χ2v) is 6.09. The molecule has 0 radical (unpaired) electrons. The van der Waals surface area contributed by atoms with Crippen LogP contribution in [0, 0.1) is 0 Å². The minimum atomic E-state index is -0.116. The summed E-state index contributed by atoms with van der Waals surface area (Å²) in [6.45, 7) is 5.58. The van der Waals surface area contributed by atoms with Gasteiger partial charge < -0.3 is 15.4 Å². The van der Waals surface area contributed by atoms with Crippen molar-refractivity contribution in [1.82, 2.24) is 15.5 Å². The average Bonchev–Trinajstić information content (AvgIpc) is 3.07. The van der Waals surface area contributed by atoms with Crippen LogP contribution < -0.4 is 10.6 Å². The van der Waals surface area contributed by atoms with Gasteiger partial charge >= 0.3 is 0 Å². The van der Waals surface area contributed by atoms with Gasteiger partial charge in [-0.1, -0.05) is 6.07 Å². The molecule has 2 heterocycles. The van der Waals surface area contributed by atoms with E-state index < -0.39 is 0 Å². The summed E-state index contributed by atoms with van der Waals surface area (Å²) in [5, 5.41) is 7.49. The minimum absolute atomic E-state index is 0.0199. The quantitative estimate of drug-likeness (QED) is 0.691. The van der Waals surface area contributed by atoms with Crippen LogP contribution in [0.4, 0.5) is 0 Å². The van der Waals surface area contributed by atoms with E-state index in [0.29, 0.717) is 24.4 Å². The Morgan fingerprint density at radius 3 is 2.77 bits per heavy atom. The molecular formula is C15H23N3O3S. The van der Waals surface area contributed by atoms with Crippen LogP contribution >= 0.6 is 11.3 Å². The fraction of sp³-hybridized carbons (Fsp3) is 0.600. The molecule has 2 amide bonds. The van der Waals surface area contributed by atoms with E-state index in [9.17, 15) is 9.59 Å². The Labute approximate surface area is 134 Å². The normalized spacial score (nSPS) is 15.5. The van der Waals surface area contributed by atoms with Crippen molar-refractivity contribution in [2.24, 2.45) is 0 Å². The van der Waals surface area contributed by atoms with E-state index in [1.807, 2.05) is 11.4 Å². The van der Waals surface area contributed by atoms with Crippen LogP contribution in [0.2, 0.25) is 0 Å². The molecule has 22 heavy (non-hydrogen) atoms. The molecule has 0 saturated carbocycles. The lowest BCUT2D eigenvalue weighted by atomic mass is 10.3. The highest BCUT2D eigenvalue weighted by Crippen LogP contribution is 2.07.